The van der Waals surface area contributed by atoms with E-state index < -0.39 is 0 Å². The summed E-state index contributed by atoms with van der Waals surface area (Å²) in [5.74, 6) is 0.187. The minimum atomic E-state index is -0.290. The van der Waals surface area contributed by atoms with Crippen LogP contribution in [0.2, 0.25) is 0 Å². The maximum absolute atomic E-state index is 13.5. The number of hydrogen-bond donors (Lipinski definition) is 0. The van der Waals surface area contributed by atoms with Gasteiger partial charge in [0.25, 0.3) is 0 Å². The number of oxime groups is 1. The monoisotopic (exact) mass is 446 g/mol. The van der Waals surface area contributed by atoms with Gasteiger partial charge in [-0.2, -0.15) is 0 Å². The Morgan fingerprint density at radius 3 is 2.09 bits per heavy atom. The lowest BCUT2D eigenvalue weighted by Crippen LogP contribution is -2.02. The van der Waals surface area contributed by atoms with Crippen molar-refractivity contribution in [3.63, 3.8) is 0 Å². The van der Waals surface area contributed by atoms with Crippen molar-refractivity contribution in [2.75, 3.05) is 7.11 Å². The second kappa shape index (κ2) is 9.69. The third-order valence-electron chi connectivity index (χ3n) is 5.45. The molecule has 0 saturated carbocycles. The predicted molar refractivity (Wildman–Crippen MR) is 126 cm³/mol. The Morgan fingerprint density at radius 2 is 1.48 bits per heavy atom. The molecule has 0 atom stereocenters. The van der Waals surface area contributed by atoms with Gasteiger partial charge >= 0.3 is 0 Å². The first-order valence-electron chi connectivity index (χ1n) is 10.5. The van der Waals surface area contributed by atoms with Gasteiger partial charge in [0.05, 0.1) is 18.5 Å². The van der Waals surface area contributed by atoms with Crippen LogP contribution in [0.4, 0.5) is 8.78 Å². The van der Waals surface area contributed by atoms with Crippen LogP contribution in [0.3, 0.4) is 0 Å². The zero-order valence-corrected chi connectivity index (χ0v) is 18.7. The van der Waals surface area contributed by atoms with Gasteiger partial charge < -0.3 is 14.1 Å². The maximum atomic E-state index is 13.5. The van der Waals surface area contributed by atoms with Gasteiger partial charge in [-0.25, -0.2) is 8.78 Å². The minimum absolute atomic E-state index is 0.237. The van der Waals surface area contributed by atoms with Crippen LogP contribution < -0.4 is 4.74 Å². The zero-order chi connectivity index (χ0) is 23.4. The van der Waals surface area contributed by atoms with Crippen molar-refractivity contribution >= 4 is 5.71 Å². The van der Waals surface area contributed by atoms with E-state index in [0.717, 1.165) is 39.5 Å². The summed E-state index contributed by atoms with van der Waals surface area (Å²) in [6.45, 7) is 4.12. The fourth-order valence-corrected chi connectivity index (χ4v) is 3.70. The molecule has 4 nitrogen and oxygen atoms in total. The maximum Gasteiger partial charge on any atom is 0.142 e. The summed E-state index contributed by atoms with van der Waals surface area (Å²) < 4.78 is 34.0. The van der Waals surface area contributed by atoms with Crippen molar-refractivity contribution in [3.05, 3.63) is 107 Å². The molecule has 1 aromatic heterocycles. The third kappa shape index (κ3) is 4.95. The molecule has 0 aliphatic carbocycles. The van der Waals surface area contributed by atoms with Gasteiger partial charge in [0.1, 0.15) is 24.0 Å². The lowest BCUT2D eigenvalue weighted by atomic mass is 10.1. The van der Waals surface area contributed by atoms with Crippen LogP contribution in [0.25, 0.3) is 16.9 Å². The lowest BCUT2D eigenvalue weighted by Gasteiger charge is -2.13. The molecule has 0 amide bonds. The predicted octanol–water partition coefficient (Wildman–Crippen LogP) is 6.68. The van der Waals surface area contributed by atoms with E-state index in [1.54, 1.807) is 31.4 Å². The van der Waals surface area contributed by atoms with Crippen LogP contribution in [0.5, 0.6) is 5.75 Å². The average Bonchev–Trinajstić information content (AvgIpc) is 3.18. The lowest BCUT2D eigenvalue weighted by molar-refractivity contribution is 0.130. The second-order valence-corrected chi connectivity index (χ2v) is 7.65. The van der Waals surface area contributed by atoms with Crippen molar-refractivity contribution < 1.29 is 18.4 Å². The highest BCUT2D eigenvalue weighted by molar-refractivity contribution is 6.01. The largest absolute Gasteiger partial charge is 0.497 e. The smallest absolute Gasteiger partial charge is 0.142 e. The van der Waals surface area contributed by atoms with Crippen LogP contribution in [-0.2, 0) is 11.4 Å². The number of nitrogens with zero attached hydrogens (tertiary/aromatic N) is 2. The molecule has 0 aliphatic rings. The van der Waals surface area contributed by atoms with Gasteiger partial charge in [0, 0.05) is 16.9 Å². The van der Waals surface area contributed by atoms with Crippen molar-refractivity contribution in [2.45, 2.75) is 20.5 Å². The Labute approximate surface area is 191 Å². The van der Waals surface area contributed by atoms with Gasteiger partial charge in [-0.15, -0.1) is 0 Å². The summed E-state index contributed by atoms with van der Waals surface area (Å²) in [5, 5.41) is 4.29. The molecule has 4 rings (SSSR count). The number of hydrogen-bond acceptors (Lipinski definition) is 3. The molecular weight excluding hydrogens is 422 g/mol. The molecule has 0 saturated heterocycles. The quantitative estimate of drug-likeness (QED) is 0.234. The molecular formula is C27H24F2N2O2. The minimum Gasteiger partial charge on any atom is -0.497 e. The van der Waals surface area contributed by atoms with E-state index in [2.05, 4.69) is 9.72 Å². The van der Waals surface area contributed by atoms with Crippen LogP contribution >= 0.6 is 0 Å². The molecule has 0 bridgehead atoms. The Balaban J connectivity index is 1.70. The molecule has 4 aromatic rings. The molecule has 0 aliphatic heterocycles. The number of benzene rings is 3. The van der Waals surface area contributed by atoms with Crippen molar-refractivity contribution in [2.24, 2.45) is 5.16 Å². The highest BCUT2D eigenvalue weighted by Gasteiger charge is 2.17. The van der Waals surface area contributed by atoms with Crippen LogP contribution in [0.15, 0.2) is 84.0 Å². The molecule has 0 unspecified atom stereocenters. The molecule has 0 radical (unpaired) electrons. The van der Waals surface area contributed by atoms with E-state index in [4.69, 9.17) is 9.57 Å². The van der Waals surface area contributed by atoms with E-state index in [1.165, 1.54) is 24.3 Å². The normalized spacial score (nSPS) is 11.5. The van der Waals surface area contributed by atoms with Gasteiger partial charge in [0.2, 0.25) is 0 Å². The Bertz CT molecular complexity index is 1260. The number of ether oxygens (including phenoxy) is 1. The van der Waals surface area contributed by atoms with Gasteiger partial charge in [-0.1, -0.05) is 17.3 Å². The molecule has 0 fully saturated rings. The SMILES string of the molecule is COc1ccc(-n2c(-c3ccc(F)cc3)cc(/C(C)=N\OCc3ccc(F)cc3)c2C)cc1. The molecule has 0 N–H and O–H groups in total. The molecule has 0 spiro atoms. The number of rotatable bonds is 7. The third-order valence-corrected chi connectivity index (χ3v) is 5.45. The van der Waals surface area contributed by atoms with Crippen molar-refractivity contribution in [1.82, 2.24) is 4.57 Å². The summed E-state index contributed by atoms with van der Waals surface area (Å²) in [5.41, 5.74) is 6.12. The van der Waals surface area contributed by atoms with E-state index in [0.29, 0.717) is 5.71 Å². The highest BCUT2D eigenvalue weighted by atomic mass is 19.1. The van der Waals surface area contributed by atoms with Crippen LogP contribution in [0.1, 0.15) is 23.7 Å². The van der Waals surface area contributed by atoms with Gasteiger partial charge in [-0.3, -0.25) is 0 Å². The van der Waals surface area contributed by atoms with Crippen LogP contribution in [-0.4, -0.2) is 17.4 Å². The Kier molecular flexibility index (Phi) is 6.54. The number of halogens is 2. The summed E-state index contributed by atoms with van der Waals surface area (Å²) in [7, 11) is 1.63. The van der Waals surface area contributed by atoms with Crippen molar-refractivity contribution in [1.29, 1.82) is 0 Å². The fraction of sp³-hybridized carbons (Fsp3) is 0.148. The molecule has 168 valence electrons. The first kappa shape index (κ1) is 22.3. The molecule has 33 heavy (non-hydrogen) atoms. The van der Waals surface area contributed by atoms with E-state index in [1.807, 2.05) is 44.2 Å². The Hall–Kier alpha value is -3.93. The van der Waals surface area contributed by atoms with Gasteiger partial charge in [-0.05, 0) is 91.7 Å². The van der Waals surface area contributed by atoms with Crippen LogP contribution in [0, 0.1) is 18.6 Å². The van der Waals surface area contributed by atoms with E-state index >= 15 is 0 Å². The highest BCUT2D eigenvalue weighted by Crippen LogP contribution is 2.31. The first-order chi connectivity index (χ1) is 16.0. The average molecular weight is 446 g/mol. The summed E-state index contributed by atoms with van der Waals surface area (Å²) >= 11 is 0. The first-order valence-corrected chi connectivity index (χ1v) is 10.5. The zero-order valence-electron chi connectivity index (χ0n) is 18.7. The summed E-state index contributed by atoms with van der Waals surface area (Å²) in [4.78, 5) is 5.53. The molecule has 3 aromatic carbocycles. The second-order valence-electron chi connectivity index (χ2n) is 7.65. The van der Waals surface area contributed by atoms with E-state index in [9.17, 15) is 8.78 Å². The Morgan fingerprint density at radius 1 is 0.879 bits per heavy atom. The molecule has 6 heteroatoms. The standard InChI is InChI=1S/C27H24F2N2O2/c1-18(30-33-17-20-4-8-22(28)9-5-20)26-16-27(21-6-10-23(29)11-7-21)31(19(26)2)24-12-14-25(32-3)15-13-24/h4-16H,17H2,1-3H3/b30-18-. The fourth-order valence-electron chi connectivity index (χ4n) is 3.70. The van der Waals surface area contributed by atoms with E-state index in [-0.39, 0.29) is 18.2 Å². The van der Waals surface area contributed by atoms with Crippen molar-refractivity contribution in [3.8, 4) is 22.7 Å². The number of methoxy groups -OCH3 is 1. The van der Waals surface area contributed by atoms with Gasteiger partial charge in [0.15, 0.2) is 0 Å². The number of aromatic nitrogens is 1. The molecule has 1 heterocycles. The summed E-state index contributed by atoms with van der Waals surface area (Å²) in [6.07, 6.45) is 0. The topological polar surface area (TPSA) is 35.8 Å². The summed E-state index contributed by atoms with van der Waals surface area (Å²) in [6, 6.07) is 22.3.